The maximum Gasteiger partial charge on any atom is 0.176 e. The molecule has 0 spiro atoms. The van der Waals surface area contributed by atoms with E-state index in [9.17, 15) is 17.9 Å². The molecule has 142 valence electrons. The number of benzene rings is 2. The molecule has 1 heterocycles. The summed E-state index contributed by atoms with van der Waals surface area (Å²) >= 11 is 0. The normalized spacial score (nSPS) is 11.7. The molecule has 0 aliphatic carbocycles. The van der Waals surface area contributed by atoms with Crippen molar-refractivity contribution in [1.82, 2.24) is 14.8 Å². The highest BCUT2D eigenvalue weighted by molar-refractivity contribution is 7.90. The lowest BCUT2D eigenvalue weighted by Gasteiger charge is -2.10. The molecule has 0 unspecified atom stereocenters. The van der Waals surface area contributed by atoms with Gasteiger partial charge >= 0.3 is 0 Å². The van der Waals surface area contributed by atoms with Crippen LogP contribution in [0.2, 0.25) is 0 Å². The first-order valence-electron chi connectivity index (χ1n) is 8.31. The number of sulfone groups is 1. The van der Waals surface area contributed by atoms with E-state index in [1.54, 1.807) is 0 Å². The number of nitrogens with zero attached hydrogens (tertiary/aromatic N) is 3. The molecule has 0 bridgehead atoms. The molecule has 2 aromatic carbocycles. The summed E-state index contributed by atoms with van der Waals surface area (Å²) in [5.41, 5.74) is 3.25. The van der Waals surface area contributed by atoms with Gasteiger partial charge in [-0.15, -0.1) is 5.10 Å². The van der Waals surface area contributed by atoms with E-state index in [1.807, 2.05) is 32.0 Å². The monoisotopic (exact) mass is 389 g/mol. The Bertz CT molecular complexity index is 1110. The number of halogens is 1. The van der Waals surface area contributed by atoms with E-state index in [4.69, 9.17) is 0 Å². The standard InChI is InChI=1S/C19H20FN3O3S/c1-12-4-5-13(2)14(8-12)9-19-21-18(11-24)22-23(19)17-7-6-15(10-16(17)20)27(3,25)26/h4-8,10,24H,9,11H2,1-3H3. The molecule has 1 aromatic heterocycles. The number of rotatable bonds is 5. The third-order valence-electron chi connectivity index (χ3n) is 4.29. The van der Waals surface area contributed by atoms with Crippen LogP contribution in [0.25, 0.3) is 5.69 Å². The zero-order chi connectivity index (χ0) is 19.8. The molecular formula is C19H20FN3O3S. The summed E-state index contributed by atoms with van der Waals surface area (Å²) in [6.07, 6.45) is 1.42. The zero-order valence-electron chi connectivity index (χ0n) is 15.3. The minimum absolute atomic E-state index is 0.0786. The van der Waals surface area contributed by atoms with Crippen LogP contribution in [-0.4, -0.2) is 34.5 Å². The molecule has 0 amide bonds. The van der Waals surface area contributed by atoms with E-state index in [0.717, 1.165) is 29.0 Å². The van der Waals surface area contributed by atoms with Gasteiger partial charge in [-0.3, -0.25) is 0 Å². The van der Waals surface area contributed by atoms with Crippen molar-refractivity contribution in [2.75, 3.05) is 6.26 Å². The number of aliphatic hydroxyl groups excluding tert-OH is 1. The minimum Gasteiger partial charge on any atom is -0.388 e. The molecule has 0 saturated carbocycles. The van der Waals surface area contributed by atoms with Crippen LogP contribution in [-0.2, 0) is 22.9 Å². The van der Waals surface area contributed by atoms with Crippen LogP contribution in [0.4, 0.5) is 4.39 Å². The predicted octanol–water partition coefficient (Wildman–Crippen LogP) is 2.51. The molecule has 0 fully saturated rings. The van der Waals surface area contributed by atoms with E-state index >= 15 is 0 Å². The third-order valence-corrected chi connectivity index (χ3v) is 5.40. The highest BCUT2D eigenvalue weighted by Crippen LogP contribution is 2.22. The van der Waals surface area contributed by atoms with Gasteiger partial charge in [0.25, 0.3) is 0 Å². The molecule has 27 heavy (non-hydrogen) atoms. The predicted molar refractivity (Wildman–Crippen MR) is 99.1 cm³/mol. The fraction of sp³-hybridized carbons (Fsp3) is 0.263. The Hall–Kier alpha value is -2.58. The second-order valence-electron chi connectivity index (χ2n) is 6.51. The van der Waals surface area contributed by atoms with E-state index in [1.165, 1.54) is 16.8 Å². The average molecular weight is 389 g/mol. The Morgan fingerprint density at radius 2 is 1.89 bits per heavy atom. The maximum atomic E-state index is 14.6. The van der Waals surface area contributed by atoms with Gasteiger partial charge in [0.1, 0.15) is 23.9 Å². The molecule has 1 N–H and O–H groups in total. The fourth-order valence-electron chi connectivity index (χ4n) is 2.82. The van der Waals surface area contributed by atoms with Crippen LogP contribution in [0.3, 0.4) is 0 Å². The molecule has 0 saturated heterocycles. The molecule has 0 radical (unpaired) electrons. The van der Waals surface area contributed by atoms with Gasteiger partial charge in [-0.05, 0) is 43.2 Å². The number of hydrogen-bond acceptors (Lipinski definition) is 5. The van der Waals surface area contributed by atoms with Crippen LogP contribution in [0.5, 0.6) is 0 Å². The van der Waals surface area contributed by atoms with E-state index in [0.29, 0.717) is 12.2 Å². The van der Waals surface area contributed by atoms with Crippen LogP contribution >= 0.6 is 0 Å². The van der Waals surface area contributed by atoms with Crippen molar-refractivity contribution in [2.24, 2.45) is 0 Å². The van der Waals surface area contributed by atoms with Gasteiger partial charge < -0.3 is 5.11 Å². The SMILES string of the molecule is Cc1ccc(C)c(Cc2nc(CO)nn2-c2ccc(S(C)(=O)=O)cc2F)c1. The molecule has 6 nitrogen and oxygen atoms in total. The summed E-state index contributed by atoms with van der Waals surface area (Å²) in [5, 5.41) is 13.6. The van der Waals surface area contributed by atoms with Gasteiger partial charge in [-0.1, -0.05) is 23.8 Å². The topological polar surface area (TPSA) is 85.1 Å². The quantitative estimate of drug-likeness (QED) is 0.725. The van der Waals surface area contributed by atoms with Crippen molar-refractivity contribution < 1.29 is 17.9 Å². The Morgan fingerprint density at radius 3 is 2.52 bits per heavy atom. The Balaban J connectivity index is 2.09. The highest BCUT2D eigenvalue weighted by atomic mass is 32.2. The largest absolute Gasteiger partial charge is 0.388 e. The zero-order valence-corrected chi connectivity index (χ0v) is 16.1. The van der Waals surface area contributed by atoms with Crippen molar-refractivity contribution in [3.8, 4) is 5.69 Å². The van der Waals surface area contributed by atoms with Crippen molar-refractivity contribution in [2.45, 2.75) is 31.8 Å². The Labute approximate surface area is 157 Å². The first-order valence-corrected chi connectivity index (χ1v) is 10.2. The maximum absolute atomic E-state index is 14.6. The van der Waals surface area contributed by atoms with Crippen LogP contribution in [0, 0.1) is 19.7 Å². The molecule has 0 aliphatic heterocycles. The van der Waals surface area contributed by atoms with Gasteiger partial charge in [0, 0.05) is 12.7 Å². The van der Waals surface area contributed by atoms with Gasteiger partial charge in [0.05, 0.1) is 4.90 Å². The summed E-state index contributed by atoms with van der Waals surface area (Å²) in [6, 6.07) is 9.68. The summed E-state index contributed by atoms with van der Waals surface area (Å²) in [5.74, 6) is -0.102. The van der Waals surface area contributed by atoms with E-state index < -0.39 is 15.7 Å². The lowest BCUT2D eigenvalue weighted by molar-refractivity contribution is 0.271. The lowest BCUT2D eigenvalue weighted by atomic mass is 10.0. The summed E-state index contributed by atoms with van der Waals surface area (Å²) in [4.78, 5) is 4.19. The molecule has 0 aliphatic rings. The van der Waals surface area contributed by atoms with Gasteiger partial charge in [0.15, 0.2) is 15.7 Å². The second-order valence-corrected chi connectivity index (χ2v) is 8.52. The van der Waals surface area contributed by atoms with Gasteiger partial charge in [-0.25, -0.2) is 22.5 Å². The Kier molecular flexibility index (Phi) is 5.12. The first kappa shape index (κ1) is 19.2. The average Bonchev–Trinajstić information content (AvgIpc) is 3.00. The smallest absolute Gasteiger partial charge is 0.176 e. The van der Waals surface area contributed by atoms with E-state index in [-0.39, 0.29) is 23.0 Å². The number of aromatic nitrogens is 3. The molecule has 3 aromatic rings. The van der Waals surface area contributed by atoms with E-state index in [2.05, 4.69) is 10.1 Å². The third kappa shape index (κ3) is 4.06. The van der Waals surface area contributed by atoms with Gasteiger partial charge in [0.2, 0.25) is 0 Å². The van der Waals surface area contributed by atoms with Crippen molar-refractivity contribution >= 4 is 9.84 Å². The second kappa shape index (κ2) is 7.21. The highest BCUT2D eigenvalue weighted by Gasteiger charge is 2.18. The van der Waals surface area contributed by atoms with Crippen LogP contribution in [0.15, 0.2) is 41.3 Å². The lowest BCUT2D eigenvalue weighted by Crippen LogP contribution is -2.08. The summed E-state index contributed by atoms with van der Waals surface area (Å²) in [6.45, 7) is 3.58. The Morgan fingerprint density at radius 1 is 1.15 bits per heavy atom. The van der Waals surface area contributed by atoms with Crippen molar-refractivity contribution in [1.29, 1.82) is 0 Å². The molecule has 3 rings (SSSR count). The molecule has 8 heteroatoms. The van der Waals surface area contributed by atoms with Gasteiger partial charge in [-0.2, -0.15) is 0 Å². The van der Waals surface area contributed by atoms with Crippen LogP contribution < -0.4 is 0 Å². The summed E-state index contributed by atoms with van der Waals surface area (Å²) in [7, 11) is -3.52. The van der Waals surface area contributed by atoms with Crippen molar-refractivity contribution in [3.05, 3.63) is 70.6 Å². The molecular weight excluding hydrogens is 369 g/mol. The number of aliphatic hydroxyl groups is 1. The molecule has 0 atom stereocenters. The fourth-order valence-corrected chi connectivity index (χ4v) is 3.45. The number of aryl methyl sites for hydroxylation is 2. The van der Waals surface area contributed by atoms with Crippen LogP contribution in [0.1, 0.15) is 28.3 Å². The summed E-state index contributed by atoms with van der Waals surface area (Å²) < 4.78 is 39.2. The minimum atomic E-state index is -3.52. The van der Waals surface area contributed by atoms with Crippen molar-refractivity contribution in [3.63, 3.8) is 0 Å². The number of hydrogen-bond donors (Lipinski definition) is 1. The first-order chi connectivity index (χ1) is 12.7.